The molecule has 0 heterocycles. The molecule has 0 saturated heterocycles. The molecule has 2 atom stereocenters. The van der Waals surface area contributed by atoms with Crippen LogP contribution in [0, 0.1) is 5.92 Å². The van der Waals surface area contributed by atoms with E-state index in [1.54, 1.807) is 0 Å². The van der Waals surface area contributed by atoms with Gasteiger partial charge in [0.15, 0.2) is 0 Å². The molecule has 0 aromatic carbocycles. The van der Waals surface area contributed by atoms with E-state index >= 15 is 0 Å². The van der Waals surface area contributed by atoms with Crippen LogP contribution >= 0.6 is 0 Å². The lowest BCUT2D eigenvalue weighted by Crippen LogP contribution is -2.32. The van der Waals surface area contributed by atoms with Gasteiger partial charge in [-0.1, -0.05) is 33.1 Å². The fraction of sp³-hybridized carbons (Fsp3) is 1.00. The molecule has 1 aliphatic carbocycles. The largest absolute Gasteiger partial charge is 0.314 e. The first kappa shape index (κ1) is 11.0. The highest BCUT2D eigenvalue weighted by atomic mass is 14.9. The molecular weight excluding hydrogens is 158 g/mol. The number of hydrogen-bond acceptors (Lipinski definition) is 1. The molecule has 0 aliphatic heterocycles. The van der Waals surface area contributed by atoms with Gasteiger partial charge in [-0.2, -0.15) is 0 Å². The lowest BCUT2D eigenvalue weighted by Gasteiger charge is -2.20. The molecule has 0 bridgehead atoms. The maximum atomic E-state index is 3.69. The quantitative estimate of drug-likeness (QED) is 0.666. The summed E-state index contributed by atoms with van der Waals surface area (Å²) in [6, 6.07) is 0.853. The van der Waals surface area contributed by atoms with Gasteiger partial charge in [0.2, 0.25) is 0 Å². The van der Waals surface area contributed by atoms with Gasteiger partial charge in [0, 0.05) is 6.04 Å². The molecule has 13 heavy (non-hydrogen) atoms. The third-order valence-electron chi connectivity index (χ3n) is 3.24. The van der Waals surface area contributed by atoms with Crippen LogP contribution in [0.1, 0.15) is 58.8 Å². The van der Waals surface area contributed by atoms with Gasteiger partial charge < -0.3 is 5.32 Å². The lowest BCUT2D eigenvalue weighted by molar-refractivity contribution is 0.370. The zero-order chi connectivity index (χ0) is 9.52. The van der Waals surface area contributed by atoms with Gasteiger partial charge in [0.25, 0.3) is 0 Å². The fourth-order valence-corrected chi connectivity index (χ4v) is 2.45. The van der Waals surface area contributed by atoms with Crippen molar-refractivity contribution in [2.24, 2.45) is 5.92 Å². The maximum Gasteiger partial charge on any atom is 0.00953 e. The first-order valence-corrected chi connectivity index (χ1v) is 6.11. The smallest absolute Gasteiger partial charge is 0.00953 e. The predicted octanol–water partition coefficient (Wildman–Crippen LogP) is 3.34. The normalized spacial score (nSPS) is 28.2. The average Bonchev–Trinajstić information content (AvgIpc) is 2.59. The average molecular weight is 183 g/mol. The first-order chi connectivity index (χ1) is 6.38. The van der Waals surface area contributed by atoms with Crippen molar-refractivity contribution in [2.45, 2.75) is 64.8 Å². The SMILES string of the molecule is CCCCC1CCCC1NCCC. The van der Waals surface area contributed by atoms with Crippen molar-refractivity contribution in [1.82, 2.24) is 5.32 Å². The van der Waals surface area contributed by atoms with Gasteiger partial charge >= 0.3 is 0 Å². The van der Waals surface area contributed by atoms with Gasteiger partial charge in [0.1, 0.15) is 0 Å². The zero-order valence-electron chi connectivity index (χ0n) is 9.31. The Balaban J connectivity index is 2.18. The molecule has 0 aromatic rings. The number of rotatable bonds is 6. The second kappa shape index (κ2) is 6.42. The van der Waals surface area contributed by atoms with E-state index in [0.717, 1.165) is 12.0 Å². The Hall–Kier alpha value is -0.0400. The maximum absolute atomic E-state index is 3.69. The molecule has 0 aromatic heterocycles. The van der Waals surface area contributed by atoms with E-state index in [2.05, 4.69) is 19.2 Å². The molecule has 1 saturated carbocycles. The molecule has 1 fully saturated rings. The third kappa shape index (κ3) is 3.68. The van der Waals surface area contributed by atoms with Crippen LogP contribution in [0.5, 0.6) is 0 Å². The molecule has 1 heteroatoms. The summed E-state index contributed by atoms with van der Waals surface area (Å²) in [4.78, 5) is 0. The van der Waals surface area contributed by atoms with Crippen LogP contribution < -0.4 is 5.32 Å². The minimum atomic E-state index is 0.853. The highest BCUT2D eigenvalue weighted by molar-refractivity contribution is 4.82. The van der Waals surface area contributed by atoms with E-state index < -0.39 is 0 Å². The molecule has 1 rings (SSSR count). The van der Waals surface area contributed by atoms with Crippen LogP contribution in [0.25, 0.3) is 0 Å². The van der Waals surface area contributed by atoms with E-state index in [-0.39, 0.29) is 0 Å². The molecule has 0 radical (unpaired) electrons. The summed E-state index contributed by atoms with van der Waals surface area (Å²) in [7, 11) is 0. The van der Waals surface area contributed by atoms with E-state index in [1.807, 2.05) is 0 Å². The highest BCUT2D eigenvalue weighted by Crippen LogP contribution is 2.29. The van der Waals surface area contributed by atoms with Crippen LogP contribution in [0.4, 0.5) is 0 Å². The molecule has 1 aliphatic rings. The van der Waals surface area contributed by atoms with Crippen molar-refractivity contribution in [1.29, 1.82) is 0 Å². The summed E-state index contributed by atoms with van der Waals surface area (Å²) >= 11 is 0. The van der Waals surface area contributed by atoms with Crippen molar-refractivity contribution in [3.8, 4) is 0 Å². The van der Waals surface area contributed by atoms with Crippen LogP contribution in [-0.4, -0.2) is 12.6 Å². The molecule has 0 spiro atoms. The summed E-state index contributed by atoms with van der Waals surface area (Å²) in [5.41, 5.74) is 0. The molecule has 1 nitrogen and oxygen atoms in total. The van der Waals surface area contributed by atoms with E-state index in [4.69, 9.17) is 0 Å². The summed E-state index contributed by atoms with van der Waals surface area (Å²) in [6.07, 6.45) is 9.87. The number of unbranched alkanes of at least 4 members (excludes halogenated alkanes) is 1. The van der Waals surface area contributed by atoms with E-state index in [9.17, 15) is 0 Å². The van der Waals surface area contributed by atoms with E-state index in [0.29, 0.717) is 0 Å². The fourth-order valence-electron chi connectivity index (χ4n) is 2.45. The Labute approximate surface area is 83.3 Å². The Bertz CT molecular complexity index is 108. The Morgan fingerprint density at radius 1 is 1.15 bits per heavy atom. The topological polar surface area (TPSA) is 12.0 Å². The Morgan fingerprint density at radius 2 is 2.00 bits per heavy atom. The van der Waals surface area contributed by atoms with Crippen LogP contribution in [-0.2, 0) is 0 Å². The summed E-state index contributed by atoms with van der Waals surface area (Å²) in [5, 5.41) is 3.69. The van der Waals surface area contributed by atoms with Crippen molar-refractivity contribution < 1.29 is 0 Å². The summed E-state index contributed by atoms with van der Waals surface area (Å²) in [6.45, 7) is 5.76. The molecule has 0 amide bonds. The van der Waals surface area contributed by atoms with E-state index in [1.165, 1.54) is 51.5 Å². The van der Waals surface area contributed by atoms with Gasteiger partial charge in [-0.15, -0.1) is 0 Å². The monoisotopic (exact) mass is 183 g/mol. The van der Waals surface area contributed by atoms with Crippen molar-refractivity contribution >= 4 is 0 Å². The second-order valence-electron chi connectivity index (χ2n) is 4.39. The predicted molar refractivity (Wildman–Crippen MR) is 58.9 cm³/mol. The minimum absolute atomic E-state index is 0.853. The highest BCUT2D eigenvalue weighted by Gasteiger charge is 2.25. The lowest BCUT2D eigenvalue weighted by atomic mass is 9.97. The molecular formula is C12H25N. The van der Waals surface area contributed by atoms with Crippen LogP contribution in [0.15, 0.2) is 0 Å². The second-order valence-corrected chi connectivity index (χ2v) is 4.39. The number of nitrogens with one attached hydrogen (secondary N) is 1. The minimum Gasteiger partial charge on any atom is -0.314 e. The van der Waals surface area contributed by atoms with Crippen molar-refractivity contribution in [3.05, 3.63) is 0 Å². The van der Waals surface area contributed by atoms with Crippen molar-refractivity contribution in [2.75, 3.05) is 6.54 Å². The van der Waals surface area contributed by atoms with Gasteiger partial charge in [0.05, 0.1) is 0 Å². The Kier molecular flexibility index (Phi) is 5.45. The molecule has 78 valence electrons. The number of hydrogen-bond donors (Lipinski definition) is 1. The standard InChI is InChI=1S/C12H25N/c1-3-5-7-11-8-6-9-12(11)13-10-4-2/h11-13H,3-10H2,1-2H3. The third-order valence-corrected chi connectivity index (χ3v) is 3.24. The van der Waals surface area contributed by atoms with Gasteiger partial charge in [-0.25, -0.2) is 0 Å². The summed E-state index contributed by atoms with van der Waals surface area (Å²) in [5.74, 6) is 0.992. The Morgan fingerprint density at radius 3 is 2.69 bits per heavy atom. The van der Waals surface area contributed by atoms with Crippen LogP contribution in [0.3, 0.4) is 0 Å². The molecule has 1 N–H and O–H groups in total. The summed E-state index contributed by atoms with van der Waals surface area (Å²) < 4.78 is 0. The van der Waals surface area contributed by atoms with Gasteiger partial charge in [-0.05, 0) is 38.1 Å². The molecule has 2 unspecified atom stereocenters. The first-order valence-electron chi connectivity index (χ1n) is 6.11. The zero-order valence-corrected chi connectivity index (χ0v) is 9.31. The van der Waals surface area contributed by atoms with Crippen molar-refractivity contribution in [3.63, 3.8) is 0 Å². The van der Waals surface area contributed by atoms with Gasteiger partial charge in [-0.3, -0.25) is 0 Å². The van der Waals surface area contributed by atoms with Crippen LogP contribution in [0.2, 0.25) is 0 Å².